The maximum atomic E-state index is 11.3. The van der Waals surface area contributed by atoms with Gasteiger partial charge in [-0.15, -0.1) is 0 Å². The van der Waals surface area contributed by atoms with Crippen LogP contribution < -0.4 is 4.74 Å². The summed E-state index contributed by atoms with van der Waals surface area (Å²) in [5, 5.41) is 9.43. The SMILES string of the molecule is COC(=O)c1ccc(OC(CO)Cc2ccccc2)cc1. The van der Waals surface area contributed by atoms with Crippen LogP contribution in [-0.2, 0) is 11.2 Å². The molecule has 0 fully saturated rings. The van der Waals surface area contributed by atoms with Crippen LogP contribution in [0.1, 0.15) is 15.9 Å². The van der Waals surface area contributed by atoms with Crippen LogP contribution in [0.4, 0.5) is 0 Å². The van der Waals surface area contributed by atoms with Gasteiger partial charge >= 0.3 is 5.97 Å². The van der Waals surface area contributed by atoms with E-state index in [-0.39, 0.29) is 18.7 Å². The van der Waals surface area contributed by atoms with E-state index in [4.69, 9.17) is 4.74 Å². The van der Waals surface area contributed by atoms with Crippen LogP contribution in [0.25, 0.3) is 0 Å². The third kappa shape index (κ3) is 4.33. The summed E-state index contributed by atoms with van der Waals surface area (Å²) in [5.41, 5.74) is 1.57. The lowest BCUT2D eigenvalue weighted by molar-refractivity contribution is 0.0600. The maximum Gasteiger partial charge on any atom is 0.337 e. The Labute approximate surface area is 123 Å². The number of carbonyl (C=O) groups is 1. The molecule has 0 aromatic heterocycles. The fraction of sp³-hybridized carbons (Fsp3) is 0.235. The molecule has 4 heteroatoms. The minimum atomic E-state index is -0.385. The number of aliphatic hydroxyl groups is 1. The largest absolute Gasteiger partial charge is 0.488 e. The van der Waals surface area contributed by atoms with Crippen molar-refractivity contribution in [3.05, 3.63) is 65.7 Å². The van der Waals surface area contributed by atoms with Crippen molar-refractivity contribution in [3.63, 3.8) is 0 Å². The molecule has 0 saturated heterocycles. The summed E-state index contributed by atoms with van der Waals surface area (Å²) < 4.78 is 10.4. The number of aliphatic hydroxyl groups excluding tert-OH is 1. The van der Waals surface area contributed by atoms with Gasteiger partial charge in [0, 0.05) is 6.42 Å². The average molecular weight is 286 g/mol. The highest BCUT2D eigenvalue weighted by Crippen LogP contribution is 2.16. The van der Waals surface area contributed by atoms with Crippen molar-refractivity contribution >= 4 is 5.97 Å². The molecule has 4 nitrogen and oxygen atoms in total. The monoisotopic (exact) mass is 286 g/mol. The van der Waals surface area contributed by atoms with E-state index in [2.05, 4.69) is 4.74 Å². The highest BCUT2D eigenvalue weighted by atomic mass is 16.5. The highest BCUT2D eigenvalue weighted by Gasteiger charge is 2.11. The summed E-state index contributed by atoms with van der Waals surface area (Å²) in [6, 6.07) is 16.5. The Kier molecular flexibility index (Phi) is 5.35. The lowest BCUT2D eigenvalue weighted by Crippen LogP contribution is -2.23. The quantitative estimate of drug-likeness (QED) is 0.829. The van der Waals surface area contributed by atoms with Gasteiger partial charge < -0.3 is 14.6 Å². The number of benzene rings is 2. The van der Waals surface area contributed by atoms with Crippen LogP contribution in [0.3, 0.4) is 0 Å². The van der Waals surface area contributed by atoms with Gasteiger partial charge in [0.1, 0.15) is 11.9 Å². The Balaban J connectivity index is 2.00. The summed E-state index contributed by atoms with van der Waals surface area (Å²) in [6.07, 6.45) is 0.298. The van der Waals surface area contributed by atoms with Gasteiger partial charge in [-0.2, -0.15) is 0 Å². The Morgan fingerprint density at radius 2 is 1.76 bits per heavy atom. The summed E-state index contributed by atoms with van der Waals surface area (Å²) in [7, 11) is 1.34. The Hall–Kier alpha value is -2.33. The second kappa shape index (κ2) is 7.45. The molecule has 0 saturated carbocycles. The highest BCUT2D eigenvalue weighted by molar-refractivity contribution is 5.89. The van der Waals surface area contributed by atoms with Gasteiger partial charge in [-0.3, -0.25) is 0 Å². The second-order valence-electron chi connectivity index (χ2n) is 4.63. The van der Waals surface area contributed by atoms with Gasteiger partial charge in [0.25, 0.3) is 0 Å². The third-order valence-electron chi connectivity index (χ3n) is 3.09. The first-order valence-electron chi connectivity index (χ1n) is 6.72. The lowest BCUT2D eigenvalue weighted by atomic mass is 10.1. The fourth-order valence-corrected chi connectivity index (χ4v) is 2.00. The van der Waals surface area contributed by atoms with Crippen LogP contribution >= 0.6 is 0 Å². The molecule has 1 N–H and O–H groups in total. The summed E-state index contributed by atoms with van der Waals surface area (Å²) in [6.45, 7) is -0.0757. The van der Waals surface area contributed by atoms with Gasteiger partial charge in [0.2, 0.25) is 0 Å². The van der Waals surface area contributed by atoms with Crippen molar-refractivity contribution in [1.82, 2.24) is 0 Å². The third-order valence-corrected chi connectivity index (χ3v) is 3.09. The van der Waals surface area contributed by atoms with Gasteiger partial charge in [0.05, 0.1) is 19.3 Å². The standard InChI is InChI=1S/C17H18O4/c1-20-17(19)14-7-9-15(10-8-14)21-16(12-18)11-13-5-3-2-4-6-13/h2-10,16,18H,11-12H2,1H3. The zero-order chi connectivity index (χ0) is 15.1. The molecule has 0 radical (unpaired) electrons. The zero-order valence-electron chi connectivity index (χ0n) is 11.9. The molecule has 0 aliphatic carbocycles. The molecule has 21 heavy (non-hydrogen) atoms. The number of ether oxygens (including phenoxy) is 2. The number of methoxy groups -OCH3 is 1. The summed E-state index contributed by atoms with van der Waals surface area (Å²) in [4.78, 5) is 11.3. The zero-order valence-corrected chi connectivity index (χ0v) is 11.9. The number of rotatable bonds is 6. The van der Waals surface area contributed by atoms with Crippen LogP contribution in [0.2, 0.25) is 0 Å². The first-order chi connectivity index (χ1) is 10.2. The van der Waals surface area contributed by atoms with E-state index in [0.717, 1.165) is 5.56 Å². The van der Waals surface area contributed by atoms with E-state index in [9.17, 15) is 9.90 Å². The van der Waals surface area contributed by atoms with E-state index in [1.807, 2.05) is 30.3 Å². The molecule has 1 unspecified atom stereocenters. The molecule has 0 spiro atoms. The van der Waals surface area contributed by atoms with Crippen molar-refractivity contribution in [2.75, 3.05) is 13.7 Å². The predicted molar refractivity (Wildman–Crippen MR) is 79.4 cm³/mol. The average Bonchev–Trinajstić information content (AvgIpc) is 2.55. The van der Waals surface area contributed by atoms with Crippen molar-refractivity contribution in [2.24, 2.45) is 0 Å². The van der Waals surface area contributed by atoms with Crippen molar-refractivity contribution in [3.8, 4) is 5.75 Å². The van der Waals surface area contributed by atoms with Crippen molar-refractivity contribution < 1.29 is 19.4 Å². The Morgan fingerprint density at radius 3 is 2.33 bits per heavy atom. The summed E-state index contributed by atoms with van der Waals surface area (Å²) in [5.74, 6) is 0.224. The molecule has 1 atom stereocenters. The van der Waals surface area contributed by atoms with Crippen molar-refractivity contribution in [2.45, 2.75) is 12.5 Å². The molecule has 0 aliphatic heterocycles. The first-order valence-corrected chi connectivity index (χ1v) is 6.72. The van der Waals surface area contributed by atoms with Crippen LogP contribution in [0.5, 0.6) is 5.75 Å². The first kappa shape index (κ1) is 15.1. The minimum Gasteiger partial charge on any atom is -0.488 e. The van der Waals surface area contributed by atoms with Gasteiger partial charge in [-0.05, 0) is 29.8 Å². The van der Waals surface area contributed by atoms with Gasteiger partial charge in [-0.1, -0.05) is 30.3 Å². The van der Waals surface area contributed by atoms with E-state index in [1.54, 1.807) is 24.3 Å². The molecule has 110 valence electrons. The lowest BCUT2D eigenvalue weighted by Gasteiger charge is -2.17. The molecule has 2 aromatic rings. The molecule has 0 amide bonds. The molecule has 0 heterocycles. The number of carbonyl (C=O) groups excluding carboxylic acids is 1. The molecule has 0 bridgehead atoms. The van der Waals surface area contributed by atoms with Gasteiger partial charge in [-0.25, -0.2) is 4.79 Å². The van der Waals surface area contributed by atoms with E-state index < -0.39 is 0 Å². The molecular formula is C17H18O4. The topological polar surface area (TPSA) is 55.8 Å². The second-order valence-corrected chi connectivity index (χ2v) is 4.63. The van der Waals surface area contributed by atoms with Crippen molar-refractivity contribution in [1.29, 1.82) is 0 Å². The Morgan fingerprint density at radius 1 is 1.10 bits per heavy atom. The maximum absolute atomic E-state index is 11.3. The Bertz CT molecular complexity index is 563. The molecule has 0 aliphatic rings. The van der Waals surface area contributed by atoms with Crippen LogP contribution in [0.15, 0.2) is 54.6 Å². The van der Waals surface area contributed by atoms with E-state index >= 15 is 0 Å². The molecule has 2 rings (SSSR count). The summed E-state index contributed by atoms with van der Waals surface area (Å²) >= 11 is 0. The molecular weight excluding hydrogens is 268 g/mol. The number of hydrogen-bond donors (Lipinski definition) is 1. The van der Waals surface area contributed by atoms with Gasteiger partial charge in [0.15, 0.2) is 0 Å². The fourth-order valence-electron chi connectivity index (χ4n) is 2.00. The van der Waals surface area contributed by atoms with E-state index in [1.165, 1.54) is 7.11 Å². The number of hydrogen-bond acceptors (Lipinski definition) is 4. The predicted octanol–water partition coefficient (Wildman–Crippen LogP) is 2.46. The molecule has 2 aromatic carbocycles. The number of esters is 1. The normalized spacial score (nSPS) is 11.7. The van der Waals surface area contributed by atoms with Crippen LogP contribution in [0, 0.1) is 0 Å². The van der Waals surface area contributed by atoms with E-state index in [0.29, 0.717) is 17.7 Å². The van der Waals surface area contributed by atoms with Crippen LogP contribution in [-0.4, -0.2) is 30.9 Å². The smallest absolute Gasteiger partial charge is 0.337 e. The minimum absolute atomic E-state index is 0.0757.